The van der Waals surface area contributed by atoms with E-state index in [0.29, 0.717) is 0 Å². The Kier molecular flexibility index (Phi) is 3.46. The minimum absolute atomic E-state index is 0.257. The molecule has 94 valence electrons. The molecule has 1 N–H and O–H groups in total. The third-order valence-electron chi connectivity index (χ3n) is 2.57. The van der Waals surface area contributed by atoms with Crippen molar-refractivity contribution in [3.63, 3.8) is 0 Å². The van der Waals surface area contributed by atoms with Gasteiger partial charge in [0.2, 0.25) is 0 Å². The van der Waals surface area contributed by atoms with Gasteiger partial charge in [-0.2, -0.15) is 0 Å². The average molecular weight is 248 g/mol. The molecule has 0 spiro atoms. The molecule has 2 rings (SSSR count). The predicted molar refractivity (Wildman–Crippen MR) is 70.4 cm³/mol. The molecule has 0 fully saturated rings. The molecular weight excluding hydrogens is 234 g/mol. The van der Waals surface area contributed by atoms with Crippen molar-refractivity contribution in [2.45, 2.75) is 0 Å². The number of halogens is 2. The maximum atomic E-state index is 13.5. The zero-order valence-corrected chi connectivity index (χ0v) is 10.2. The van der Waals surface area contributed by atoms with E-state index in [4.69, 9.17) is 0 Å². The number of hydrogen-bond donors (Lipinski definition) is 1. The summed E-state index contributed by atoms with van der Waals surface area (Å²) in [5.74, 6) is -1.19. The van der Waals surface area contributed by atoms with Crippen molar-refractivity contribution in [1.29, 1.82) is 0 Å². The number of nitrogens with zero attached hydrogens (tertiary/aromatic N) is 1. The van der Waals surface area contributed by atoms with Crippen molar-refractivity contribution >= 4 is 17.1 Å². The molecule has 0 bridgehead atoms. The summed E-state index contributed by atoms with van der Waals surface area (Å²) in [4.78, 5) is 1.95. The molecule has 0 aliphatic heterocycles. The molecule has 0 aliphatic rings. The van der Waals surface area contributed by atoms with Gasteiger partial charge in [0.15, 0.2) is 0 Å². The summed E-state index contributed by atoms with van der Waals surface area (Å²) in [6.45, 7) is 0. The average Bonchev–Trinajstić information content (AvgIpc) is 2.33. The lowest BCUT2D eigenvalue weighted by molar-refractivity contribution is 0.586. The Balaban J connectivity index is 2.25. The minimum Gasteiger partial charge on any atom is -0.378 e. The van der Waals surface area contributed by atoms with Gasteiger partial charge < -0.3 is 10.2 Å². The van der Waals surface area contributed by atoms with Crippen LogP contribution in [0.1, 0.15) is 0 Å². The zero-order valence-electron chi connectivity index (χ0n) is 10.2. The highest BCUT2D eigenvalue weighted by Gasteiger charge is 2.04. The molecule has 2 aromatic carbocycles. The third-order valence-corrected chi connectivity index (χ3v) is 2.57. The summed E-state index contributed by atoms with van der Waals surface area (Å²) >= 11 is 0. The van der Waals surface area contributed by atoms with Crippen molar-refractivity contribution in [3.8, 4) is 0 Å². The van der Waals surface area contributed by atoms with E-state index in [2.05, 4.69) is 5.32 Å². The molecule has 0 saturated heterocycles. The molecule has 0 saturated carbocycles. The molecule has 18 heavy (non-hydrogen) atoms. The summed E-state index contributed by atoms with van der Waals surface area (Å²) in [7, 11) is 3.86. The van der Waals surface area contributed by atoms with E-state index in [1.807, 2.05) is 43.3 Å². The second kappa shape index (κ2) is 5.04. The van der Waals surface area contributed by atoms with E-state index in [1.54, 1.807) is 0 Å². The van der Waals surface area contributed by atoms with Crippen LogP contribution in [0.4, 0.5) is 25.8 Å². The highest BCUT2D eigenvalue weighted by atomic mass is 19.1. The molecule has 2 nitrogen and oxygen atoms in total. The number of nitrogens with one attached hydrogen (secondary N) is 1. The van der Waals surface area contributed by atoms with Crippen molar-refractivity contribution in [2.75, 3.05) is 24.3 Å². The predicted octanol–water partition coefficient (Wildman–Crippen LogP) is 3.77. The molecule has 0 amide bonds. The van der Waals surface area contributed by atoms with E-state index < -0.39 is 11.6 Å². The fraction of sp³-hybridized carbons (Fsp3) is 0.143. The summed E-state index contributed by atoms with van der Waals surface area (Å²) in [5, 5.41) is 2.93. The van der Waals surface area contributed by atoms with Crippen LogP contribution < -0.4 is 10.2 Å². The quantitative estimate of drug-likeness (QED) is 0.889. The van der Waals surface area contributed by atoms with Crippen molar-refractivity contribution in [2.24, 2.45) is 0 Å². The monoisotopic (exact) mass is 248 g/mol. The molecule has 0 atom stereocenters. The maximum absolute atomic E-state index is 13.5. The van der Waals surface area contributed by atoms with Crippen LogP contribution in [0.3, 0.4) is 0 Å². The Labute approximate surface area is 105 Å². The van der Waals surface area contributed by atoms with E-state index in [9.17, 15) is 8.78 Å². The van der Waals surface area contributed by atoms with Crippen molar-refractivity contribution in [3.05, 3.63) is 54.1 Å². The Bertz CT molecular complexity index is 553. The molecule has 0 unspecified atom stereocenters. The molecule has 0 aliphatic carbocycles. The smallest absolute Gasteiger partial charge is 0.149 e. The van der Waals surface area contributed by atoms with Crippen molar-refractivity contribution < 1.29 is 8.78 Å². The van der Waals surface area contributed by atoms with Gasteiger partial charge in [-0.25, -0.2) is 8.78 Å². The Hall–Kier alpha value is -2.10. The third kappa shape index (κ3) is 2.77. The van der Waals surface area contributed by atoms with E-state index in [-0.39, 0.29) is 5.69 Å². The Morgan fingerprint density at radius 3 is 2.44 bits per heavy atom. The van der Waals surface area contributed by atoms with Gasteiger partial charge in [0.25, 0.3) is 0 Å². The number of hydrogen-bond acceptors (Lipinski definition) is 2. The molecule has 0 aromatic heterocycles. The van der Waals surface area contributed by atoms with Crippen LogP contribution in [0.15, 0.2) is 42.5 Å². The van der Waals surface area contributed by atoms with Crippen molar-refractivity contribution in [1.82, 2.24) is 0 Å². The Morgan fingerprint density at radius 1 is 1.00 bits per heavy atom. The van der Waals surface area contributed by atoms with Crippen LogP contribution in [0.2, 0.25) is 0 Å². The lowest BCUT2D eigenvalue weighted by Gasteiger charge is -2.14. The zero-order chi connectivity index (χ0) is 13.1. The topological polar surface area (TPSA) is 15.3 Å². The lowest BCUT2D eigenvalue weighted by Crippen LogP contribution is -2.08. The van der Waals surface area contributed by atoms with E-state index in [1.165, 1.54) is 12.1 Å². The molecule has 0 heterocycles. The molecule has 0 radical (unpaired) electrons. The highest BCUT2D eigenvalue weighted by molar-refractivity contribution is 5.65. The normalized spacial score (nSPS) is 10.2. The maximum Gasteiger partial charge on any atom is 0.149 e. The SMILES string of the molecule is CN(C)c1cccc(Nc2ccc(F)cc2F)c1. The first-order chi connectivity index (χ1) is 8.56. The largest absolute Gasteiger partial charge is 0.378 e. The lowest BCUT2D eigenvalue weighted by atomic mass is 10.2. The van der Waals surface area contributed by atoms with E-state index in [0.717, 1.165) is 17.4 Å². The van der Waals surface area contributed by atoms with Crippen LogP contribution in [-0.2, 0) is 0 Å². The van der Waals surface area contributed by atoms with Gasteiger partial charge in [0.1, 0.15) is 11.6 Å². The van der Waals surface area contributed by atoms with Gasteiger partial charge >= 0.3 is 0 Å². The van der Waals surface area contributed by atoms with Gasteiger partial charge in [0, 0.05) is 31.5 Å². The molecule has 4 heteroatoms. The first-order valence-corrected chi connectivity index (χ1v) is 5.56. The number of rotatable bonds is 3. The highest BCUT2D eigenvalue weighted by Crippen LogP contribution is 2.23. The standard InChI is InChI=1S/C14H14F2N2/c1-18(2)12-5-3-4-11(9-12)17-14-7-6-10(15)8-13(14)16/h3-9,17H,1-2H3. The molecular formula is C14H14F2N2. The fourth-order valence-corrected chi connectivity index (χ4v) is 1.61. The fourth-order valence-electron chi connectivity index (χ4n) is 1.61. The van der Waals surface area contributed by atoms with Crippen LogP contribution in [0.5, 0.6) is 0 Å². The Morgan fingerprint density at radius 2 is 1.78 bits per heavy atom. The number of anilines is 3. The summed E-state index contributed by atoms with van der Waals surface area (Å²) in [6.07, 6.45) is 0. The van der Waals surface area contributed by atoms with Crippen LogP contribution in [-0.4, -0.2) is 14.1 Å². The first-order valence-electron chi connectivity index (χ1n) is 5.56. The van der Waals surface area contributed by atoms with Gasteiger partial charge in [0.05, 0.1) is 5.69 Å². The van der Waals surface area contributed by atoms with Crippen LogP contribution in [0.25, 0.3) is 0 Å². The second-order valence-electron chi connectivity index (χ2n) is 4.19. The van der Waals surface area contributed by atoms with Crippen LogP contribution in [0, 0.1) is 11.6 Å². The summed E-state index contributed by atoms with van der Waals surface area (Å²) in [5.41, 5.74) is 2.02. The first kappa shape index (κ1) is 12.4. The summed E-state index contributed by atoms with van der Waals surface area (Å²) in [6, 6.07) is 11.0. The minimum atomic E-state index is -0.606. The second-order valence-corrected chi connectivity index (χ2v) is 4.19. The van der Waals surface area contributed by atoms with Gasteiger partial charge in [-0.1, -0.05) is 6.07 Å². The van der Waals surface area contributed by atoms with Gasteiger partial charge in [-0.3, -0.25) is 0 Å². The van der Waals surface area contributed by atoms with Gasteiger partial charge in [-0.15, -0.1) is 0 Å². The summed E-state index contributed by atoms with van der Waals surface area (Å²) < 4.78 is 26.3. The van der Waals surface area contributed by atoms with E-state index >= 15 is 0 Å². The van der Waals surface area contributed by atoms with Crippen LogP contribution >= 0.6 is 0 Å². The molecule has 2 aromatic rings. The number of benzene rings is 2. The van der Waals surface area contributed by atoms with Gasteiger partial charge in [-0.05, 0) is 30.3 Å².